The molecule has 1 aliphatic heterocycles. The number of rotatable bonds is 6. The van der Waals surface area contributed by atoms with Gasteiger partial charge in [0.2, 0.25) is 5.89 Å². The Labute approximate surface area is 205 Å². The van der Waals surface area contributed by atoms with Gasteiger partial charge in [-0.3, -0.25) is 0 Å². The Hall–Kier alpha value is -2.47. The average molecular weight is 526 g/mol. The molecule has 1 aliphatic rings. The number of thiocarbonyl (C=S) groups is 1. The summed E-state index contributed by atoms with van der Waals surface area (Å²) >= 11 is 13.0. The van der Waals surface area contributed by atoms with Crippen molar-refractivity contribution in [3.05, 3.63) is 58.4 Å². The number of fused-ring (bicyclic) bond motifs is 1. The van der Waals surface area contributed by atoms with E-state index in [1.807, 2.05) is 12.1 Å². The topological polar surface area (TPSA) is 104 Å². The number of carbonyl (C=O) groups is 1. The Morgan fingerprint density at radius 1 is 1.33 bits per heavy atom. The number of carboxylic acid groups (broad SMARTS) is 1. The fourth-order valence-corrected chi connectivity index (χ4v) is 8.05. The Bertz CT molecular complexity index is 1350. The number of aliphatic carboxylic acids is 1. The van der Waals surface area contributed by atoms with Gasteiger partial charge in [0.05, 0.1) is 11.1 Å². The number of oxazole rings is 1. The van der Waals surface area contributed by atoms with Crippen molar-refractivity contribution in [3.8, 4) is 10.8 Å². The molecule has 3 aromatic rings. The SMILES string of the molecule is Cc1c(-c2ncco2)sc2c1C(=S)N(C(C)(C)C(=O)O)S(=O)(=O)N2CCc1ccccc1Cl. The molecule has 1 aromatic carbocycles. The first-order valence-electron chi connectivity index (χ1n) is 9.85. The second-order valence-corrected chi connectivity index (χ2v) is 11.4. The van der Waals surface area contributed by atoms with Gasteiger partial charge in [0.1, 0.15) is 21.8 Å². The smallest absolute Gasteiger partial charge is 0.330 e. The lowest BCUT2D eigenvalue weighted by atomic mass is 10.0. The number of halogens is 1. The largest absolute Gasteiger partial charge is 0.479 e. The first kappa shape index (κ1) is 23.7. The normalized spacial score (nSPS) is 15.6. The number of hydrogen-bond donors (Lipinski definition) is 1. The van der Waals surface area contributed by atoms with Crippen molar-refractivity contribution in [2.24, 2.45) is 0 Å². The van der Waals surface area contributed by atoms with Gasteiger partial charge in [-0.25, -0.2) is 18.4 Å². The highest BCUT2D eigenvalue weighted by molar-refractivity contribution is 7.93. The average Bonchev–Trinajstić information content (AvgIpc) is 3.36. The van der Waals surface area contributed by atoms with Crippen LogP contribution in [-0.4, -0.2) is 45.9 Å². The van der Waals surface area contributed by atoms with Crippen LogP contribution in [0.25, 0.3) is 10.8 Å². The molecule has 174 valence electrons. The van der Waals surface area contributed by atoms with Gasteiger partial charge in [0.25, 0.3) is 0 Å². The van der Waals surface area contributed by atoms with Crippen LogP contribution < -0.4 is 4.31 Å². The molecule has 0 radical (unpaired) electrons. The molecule has 0 amide bonds. The zero-order valence-electron chi connectivity index (χ0n) is 17.9. The zero-order chi connectivity index (χ0) is 24.1. The fourth-order valence-electron chi connectivity index (χ4n) is 3.64. The van der Waals surface area contributed by atoms with Crippen molar-refractivity contribution in [1.29, 1.82) is 0 Å². The van der Waals surface area contributed by atoms with Crippen LogP contribution >= 0.6 is 35.2 Å². The lowest BCUT2D eigenvalue weighted by Crippen LogP contribution is -2.61. The monoisotopic (exact) mass is 525 g/mol. The summed E-state index contributed by atoms with van der Waals surface area (Å²) in [6, 6.07) is 7.17. The van der Waals surface area contributed by atoms with Crippen molar-refractivity contribution in [2.45, 2.75) is 32.7 Å². The first-order valence-corrected chi connectivity index (χ1v) is 12.9. The van der Waals surface area contributed by atoms with E-state index in [0.717, 1.165) is 9.87 Å². The molecule has 0 aliphatic carbocycles. The number of nitrogens with zero attached hydrogens (tertiary/aromatic N) is 3. The van der Waals surface area contributed by atoms with Crippen molar-refractivity contribution < 1.29 is 22.7 Å². The third-order valence-electron chi connectivity index (χ3n) is 5.46. The number of benzene rings is 1. The molecule has 0 saturated heterocycles. The molecular formula is C21H20ClN3O5S3. The minimum absolute atomic E-state index is 0.0405. The highest BCUT2D eigenvalue weighted by Crippen LogP contribution is 2.47. The van der Waals surface area contributed by atoms with Crippen LogP contribution in [0.3, 0.4) is 0 Å². The van der Waals surface area contributed by atoms with Gasteiger partial charge >= 0.3 is 16.2 Å². The Balaban J connectivity index is 1.89. The number of carboxylic acids is 1. The van der Waals surface area contributed by atoms with E-state index in [0.29, 0.717) is 38.3 Å². The van der Waals surface area contributed by atoms with E-state index in [2.05, 4.69) is 4.98 Å². The van der Waals surface area contributed by atoms with Crippen molar-refractivity contribution >= 4 is 61.3 Å². The van der Waals surface area contributed by atoms with Gasteiger partial charge in [-0.15, -0.1) is 11.3 Å². The van der Waals surface area contributed by atoms with E-state index in [1.54, 1.807) is 19.1 Å². The van der Waals surface area contributed by atoms with Gasteiger partial charge in [-0.1, -0.05) is 42.0 Å². The van der Waals surface area contributed by atoms with E-state index in [1.165, 1.54) is 41.9 Å². The molecule has 12 heteroatoms. The summed E-state index contributed by atoms with van der Waals surface area (Å²) in [5, 5.41) is 10.7. The molecule has 0 atom stereocenters. The summed E-state index contributed by atoms with van der Waals surface area (Å²) in [6.07, 6.45) is 3.24. The molecule has 4 rings (SSSR count). The molecule has 0 saturated carbocycles. The number of anilines is 1. The Morgan fingerprint density at radius 2 is 2.03 bits per heavy atom. The van der Waals surface area contributed by atoms with Gasteiger partial charge in [0, 0.05) is 17.1 Å². The van der Waals surface area contributed by atoms with Crippen LogP contribution in [0.4, 0.5) is 5.00 Å². The number of thiophene rings is 1. The predicted octanol–water partition coefficient (Wildman–Crippen LogP) is 4.51. The van der Waals surface area contributed by atoms with Crippen molar-refractivity contribution in [2.75, 3.05) is 10.8 Å². The van der Waals surface area contributed by atoms with Crippen LogP contribution in [0.15, 0.2) is 41.1 Å². The maximum atomic E-state index is 13.8. The van der Waals surface area contributed by atoms with E-state index in [9.17, 15) is 18.3 Å². The molecule has 3 heterocycles. The predicted molar refractivity (Wildman–Crippen MR) is 131 cm³/mol. The van der Waals surface area contributed by atoms with Crippen LogP contribution in [-0.2, 0) is 21.4 Å². The van der Waals surface area contributed by atoms with Crippen LogP contribution in [0, 0.1) is 6.92 Å². The summed E-state index contributed by atoms with van der Waals surface area (Å²) in [5.74, 6) is -0.981. The second kappa shape index (κ2) is 8.39. The number of aromatic nitrogens is 1. The molecule has 0 spiro atoms. The number of hydrogen-bond acceptors (Lipinski definition) is 7. The molecule has 2 aromatic heterocycles. The second-order valence-electron chi connectivity index (χ2n) is 7.93. The summed E-state index contributed by atoms with van der Waals surface area (Å²) < 4.78 is 35.0. The van der Waals surface area contributed by atoms with Crippen molar-refractivity contribution in [1.82, 2.24) is 9.29 Å². The van der Waals surface area contributed by atoms with Crippen LogP contribution in [0.1, 0.15) is 30.5 Å². The maximum Gasteiger partial charge on any atom is 0.330 e. The standard InChI is InChI=1S/C21H20ClN3O5S3/c1-12-15-18(31)25(21(2,3)20(26)27)33(28,29)24(10-8-13-6-4-5-7-14(13)22)19(15)32-16(12)17-23-9-11-30-17/h4-7,9,11H,8,10H2,1-3H3,(H,26,27). The third kappa shape index (κ3) is 3.82. The molecule has 33 heavy (non-hydrogen) atoms. The van der Waals surface area contributed by atoms with E-state index < -0.39 is 21.7 Å². The van der Waals surface area contributed by atoms with Crippen LogP contribution in [0.5, 0.6) is 0 Å². The van der Waals surface area contributed by atoms with Crippen LogP contribution in [0.2, 0.25) is 5.02 Å². The minimum Gasteiger partial charge on any atom is -0.479 e. The van der Waals surface area contributed by atoms with E-state index in [-0.39, 0.29) is 11.5 Å². The molecule has 8 nitrogen and oxygen atoms in total. The molecule has 0 bridgehead atoms. The lowest BCUT2D eigenvalue weighted by molar-refractivity contribution is -0.144. The Kier molecular flexibility index (Phi) is 6.02. The lowest BCUT2D eigenvalue weighted by Gasteiger charge is -2.43. The molecule has 0 unspecified atom stereocenters. The highest BCUT2D eigenvalue weighted by atomic mass is 35.5. The van der Waals surface area contributed by atoms with Gasteiger partial charge < -0.3 is 9.52 Å². The molecule has 1 N–H and O–H groups in total. The fraction of sp³-hybridized carbons (Fsp3) is 0.286. The maximum absolute atomic E-state index is 13.8. The van der Waals surface area contributed by atoms with Gasteiger partial charge in [-0.05, 0) is 44.4 Å². The third-order valence-corrected chi connectivity index (χ3v) is 9.77. The quantitative estimate of drug-likeness (QED) is 0.472. The van der Waals surface area contributed by atoms with E-state index >= 15 is 0 Å². The molecular weight excluding hydrogens is 506 g/mol. The van der Waals surface area contributed by atoms with Gasteiger partial charge in [-0.2, -0.15) is 8.42 Å². The highest BCUT2D eigenvalue weighted by Gasteiger charge is 2.51. The van der Waals surface area contributed by atoms with Gasteiger partial charge in [0.15, 0.2) is 0 Å². The summed E-state index contributed by atoms with van der Waals surface area (Å²) in [5.41, 5.74) is 0.111. The zero-order valence-corrected chi connectivity index (χ0v) is 21.1. The molecule has 0 fully saturated rings. The minimum atomic E-state index is -4.32. The summed E-state index contributed by atoms with van der Waals surface area (Å²) in [7, 11) is -4.32. The van der Waals surface area contributed by atoms with Crippen molar-refractivity contribution in [3.63, 3.8) is 0 Å². The summed E-state index contributed by atoms with van der Waals surface area (Å²) in [6.45, 7) is 4.45. The van der Waals surface area contributed by atoms with E-state index in [4.69, 9.17) is 28.2 Å². The first-order chi connectivity index (χ1) is 15.5. The summed E-state index contributed by atoms with van der Waals surface area (Å²) in [4.78, 5) is 16.8. The Morgan fingerprint density at radius 3 is 2.64 bits per heavy atom.